The third-order valence-electron chi connectivity index (χ3n) is 6.10. The topological polar surface area (TPSA) is 55.5 Å². The molecule has 0 radical (unpaired) electrons. The number of phenols is 1. The lowest BCUT2D eigenvalue weighted by Crippen LogP contribution is -2.43. The molecular weight excluding hydrogens is 348 g/mol. The number of hydrogen-bond donors (Lipinski definition) is 2. The number of alkyl halides is 2. The highest BCUT2D eigenvalue weighted by Gasteiger charge is 2.45. The summed E-state index contributed by atoms with van der Waals surface area (Å²) in [5, 5.41) is 9.61. The fraction of sp³-hybridized carbons (Fsp3) is 0.455. The van der Waals surface area contributed by atoms with Crippen LogP contribution < -0.4 is 10.5 Å². The minimum Gasteiger partial charge on any atom is -0.508 e. The Hall–Kier alpha value is -2.14. The molecule has 0 bridgehead atoms. The summed E-state index contributed by atoms with van der Waals surface area (Å²) < 4.78 is 33.6. The maximum Gasteiger partial charge on any atom is 0.248 e. The van der Waals surface area contributed by atoms with E-state index in [1.165, 1.54) is 0 Å². The molecule has 0 aromatic heterocycles. The summed E-state index contributed by atoms with van der Waals surface area (Å²) in [7, 11) is 0. The van der Waals surface area contributed by atoms with E-state index in [1.54, 1.807) is 12.1 Å². The fourth-order valence-corrected chi connectivity index (χ4v) is 4.31. The van der Waals surface area contributed by atoms with Crippen LogP contribution in [0.5, 0.6) is 11.5 Å². The minimum absolute atomic E-state index is 0.133. The summed E-state index contributed by atoms with van der Waals surface area (Å²) in [6.45, 7) is 0. The van der Waals surface area contributed by atoms with Crippen molar-refractivity contribution in [3.8, 4) is 11.5 Å². The van der Waals surface area contributed by atoms with Crippen molar-refractivity contribution in [2.24, 2.45) is 5.73 Å². The molecule has 0 aliphatic heterocycles. The van der Waals surface area contributed by atoms with Crippen LogP contribution in [0, 0.1) is 0 Å². The van der Waals surface area contributed by atoms with Gasteiger partial charge in [-0.15, -0.1) is 0 Å². The standard InChI is InChI=1S/C22H25F2NO2/c23-22(24)11-9-21(10-12-22,15-1-5-18(26)6-2-15)16-3-7-19(8-4-16)27-20-13-17(25)14-20/h1-8,17,20,26H,9-14,25H2. The summed E-state index contributed by atoms with van der Waals surface area (Å²) in [5.74, 6) is -1.64. The van der Waals surface area contributed by atoms with Gasteiger partial charge in [-0.1, -0.05) is 24.3 Å². The molecule has 2 aromatic rings. The maximum absolute atomic E-state index is 13.9. The zero-order valence-corrected chi connectivity index (χ0v) is 15.2. The van der Waals surface area contributed by atoms with Gasteiger partial charge in [-0.25, -0.2) is 8.78 Å². The average molecular weight is 373 g/mol. The first kappa shape index (κ1) is 18.2. The molecule has 2 saturated carbocycles. The first-order chi connectivity index (χ1) is 12.9. The summed E-state index contributed by atoms with van der Waals surface area (Å²) in [6, 6.07) is 15.0. The van der Waals surface area contributed by atoms with E-state index < -0.39 is 11.3 Å². The highest BCUT2D eigenvalue weighted by molar-refractivity contribution is 5.44. The van der Waals surface area contributed by atoms with Crippen molar-refractivity contribution in [2.75, 3.05) is 0 Å². The van der Waals surface area contributed by atoms with E-state index in [-0.39, 0.29) is 30.7 Å². The zero-order valence-electron chi connectivity index (χ0n) is 15.2. The Bertz CT molecular complexity index is 773. The van der Waals surface area contributed by atoms with Crippen LogP contribution in [0.3, 0.4) is 0 Å². The molecule has 2 aromatic carbocycles. The molecule has 144 valence electrons. The third kappa shape index (κ3) is 3.65. The third-order valence-corrected chi connectivity index (χ3v) is 6.10. The number of benzene rings is 2. The van der Waals surface area contributed by atoms with Crippen LogP contribution >= 0.6 is 0 Å². The van der Waals surface area contributed by atoms with E-state index in [0.717, 1.165) is 29.7 Å². The molecule has 3 N–H and O–H groups in total. The lowest BCUT2D eigenvalue weighted by molar-refractivity contribution is -0.0470. The molecule has 0 heterocycles. The van der Waals surface area contributed by atoms with Crippen molar-refractivity contribution in [3.63, 3.8) is 0 Å². The predicted octanol–water partition coefficient (Wildman–Crippen LogP) is 4.76. The maximum atomic E-state index is 13.9. The van der Waals surface area contributed by atoms with Crippen LogP contribution in [-0.2, 0) is 5.41 Å². The smallest absolute Gasteiger partial charge is 0.248 e. The highest BCUT2D eigenvalue weighted by Crippen LogP contribution is 2.49. The second-order valence-corrected chi connectivity index (χ2v) is 7.98. The molecule has 2 aliphatic rings. The van der Waals surface area contributed by atoms with Crippen molar-refractivity contribution in [1.29, 1.82) is 0 Å². The number of aromatic hydroxyl groups is 1. The Morgan fingerprint density at radius 1 is 0.852 bits per heavy atom. The van der Waals surface area contributed by atoms with Gasteiger partial charge in [0, 0.05) is 24.3 Å². The minimum atomic E-state index is -2.60. The Morgan fingerprint density at radius 3 is 1.89 bits per heavy atom. The van der Waals surface area contributed by atoms with Gasteiger partial charge in [0.05, 0.1) is 0 Å². The fourth-order valence-electron chi connectivity index (χ4n) is 4.31. The van der Waals surface area contributed by atoms with Crippen LogP contribution in [0.15, 0.2) is 48.5 Å². The quantitative estimate of drug-likeness (QED) is 0.813. The molecule has 0 spiro atoms. The summed E-state index contributed by atoms with van der Waals surface area (Å²) in [5.41, 5.74) is 7.32. The van der Waals surface area contributed by atoms with E-state index in [0.29, 0.717) is 12.8 Å². The molecule has 2 fully saturated rings. The molecule has 27 heavy (non-hydrogen) atoms. The number of rotatable bonds is 4. The summed E-state index contributed by atoms with van der Waals surface area (Å²) in [6.07, 6.45) is 2.40. The Balaban J connectivity index is 1.61. The van der Waals surface area contributed by atoms with Crippen LogP contribution in [0.4, 0.5) is 8.78 Å². The van der Waals surface area contributed by atoms with Crippen LogP contribution in [0.2, 0.25) is 0 Å². The second kappa shape index (κ2) is 6.79. The van der Waals surface area contributed by atoms with E-state index in [9.17, 15) is 13.9 Å². The van der Waals surface area contributed by atoms with Crippen molar-refractivity contribution in [1.82, 2.24) is 0 Å². The number of phenolic OH excluding ortho intramolecular Hbond substituents is 1. The average Bonchev–Trinajstić information content (AvgIpc) is 2.62. The molecule has 0 atom stereocenters. The second-order valence-electron chi connectivity index (χ2n) is 7.98. The van der Waals surface area contributed by atoms with Crippen molar-refractivity contribution >= 4 is 0 Å². The predicted molar refractivity (Wildman–Crippen MR) is 100 cm³/mol. The van der Waals surface area contributed by atoms with Gasteiger partial charge in [0.25, 0.3) is 0 Å². The van der Waals surface area contributed by atoms with E-state index in [4.69, 9.17) is 10.5 Å². The highest BCUT2D eigenvalue weighted by atomic mass is 19.3. The number of halogens is 2. The lowest BCUT2D eigenvalue weighted by Gasteiger charge is -2.41. The van der Waals surface area contributed by atoms with E-state index in [1.807, 2.05) is 36.4 Å². The molecule has 0 saturated heterocycles. The Kier molecular flexibility index (Phi) is 4.58. The summed E-state index contributed by atoms with van der Waals surface area (Å²) >= 11 is 0. The van der Waals surface area contributed by atoms with Gasteiger partial charge in [0.15, 0.2) is 0 Å². The van der Waals surface area contributed by atoms with Gasteiger partial charge < -0.3 is 15.6 Å². The van der Waals surface area contributed by atoms with Gasteiger partial charge in [-0.3, -0.25) is 0 Å². The molecule has 4 rings (SSSR count). The van der Waals surface area contributed by atoms with Crippen molar-refractivity contribution < 1.29 is 18.6 Å². The van der Waals surface area contributed by atoms with Gasteiger partial charge in [-0.05, 0) is 61.1 Å². The molecule has 0 amide bonds. The lowest BCUT2D eigenvalue weighted by atomic mass is 9.64. The molecular formula is C22H25F2NO2. The van der Waals surface area contributed by atoms with E-state index >= 15 is 0 Å². The summed E-state index contributed by atoms with van der Waals surface area (Å²) in [4.78, 5) is 0. The molecule has 0 unspecified atom stereocenters. The van der Waals surface area contributed by atoms with Gasteiger partial charge >= 0.3 is 0 Å². The van der Waals surface area contributed by atoms with Gasteiger partial charge in [0.1, 0.15) is 17.6 Å². The normalized spacial score (nSPS) is 26.2. The first-order valence-corrected chi connectivity index (χ1v) is 9.56. The SMILES string of the molecule is NC1CC(Oc2ccc(C3(c4ccc(O)cc4)CCC(F)(F)CC3)cc2)C1. The Labute approximate surface area is 158 Å². The largest absolute Gasteiger partial charge is 0.508 e. The molecule has 2 aliphatic carbocycles. The van der Waals surface area contributed by atoms with Gasteiger partial charge in [0.2, 0.25) is 5.92 Å². The number of ether oxygens (including phenoxy) is 1. The van der Waals surface area contributed by atoms with Crippen LogP contribution in [0.1, 0.15) is 49.7 Å². The van der Waals surface area contributed by atoms with Crippen molar-refractivity contribution in [3.05, 3.63) is 59.7 Å². The molecule has 5 heteroatoms. The van der Waals surface area contributed by atoms with Crippen LogP contribution in [0.25, 0.3) is 0 Å². The zero-order chi connectivity index (χ0) is 19.1. The monoisotopic (exact) mass is 373 g/mol. The molecule has 3 nitrogen and oxygen atoms in total. The number of nitrogens with two attached hydrogens (primary N) is 1. The van der Waals surface area contributed by atoms with Gasteiger partial charge in [-0.2, -0.15) is 0 Å². The van der Waals surface area contributed by atoms with Crippen molar-refractivity contribution in [2.45, 2.75) is 62.0 Å². The first-order valence-electron chi connectivity index (χ1n) is 9.56. The Morgan fingerprint density at radius 2 is 1.37 bits per heavy atom. The van der Waals surface area contributed by atoms with Crippen LogP contribution in [-0.4, -0.2) is 23.2 Å². The van der Waals surface area contributed by atoms with E-state index in [2.05, 4.69) is 0 Å². The number of hydrogen-bond acceptors (Lipinski definition) is 3.